The van der Waals surface area contributed by atoms with Crippen LogP contribution in [0.2, 0.25) is 0 Å². The summed E-state index contributed by atoms with van der Waals surface area (Å²) in [5, 5.41) is 4.65. The highest BCUT2D eigenvalue weighted by Crippen LogP contribution is 2.53. The average Bonchev–Trinajstić information content (AvgIpc) is 3.12. The lowest BCUT2D eigenvalue weighted by molar-refractivity contribution is -0.283. The Kier molecular flexibility index (Phi) is 6.28. The van der Waals surface area contributed by atoms with Crippen molar-refractivity contribution in [2.45, 2.75) is 32.5 Å². The van der Waals surface area contributed by atoms with Gasteiger partial charge in [-0.2, -0.15) is 0 Å². The average molecular weight is 605 g/mol. The van der Waals surface area contributed by atoms with Crippen molar-refractivity contribution in [3.8, 4) is 44.9 Å². The van der Waals surface area contributed by atoms with Crippen LogP contribution in [-0.4, -0.2) is 26.4 Å². The molecule has 3 aliphatic rings. The second-order valence-corrected chi connectivity index (χ2v) is 13.6. The Hall–Kier alpha value is -4.64. The van der Waals surface area contributed by atoms with E-state index in [0.29, 0.717) is 26.4 Å². The molecule has 2 heterocycles. The third-order valence-electron chi connectivity index (χ3n) is 9.76. The molecule has 0 saturated carbocycles. The minimum Gasteiger partial charge on any atom is -0.493 e. The molecule has 0 atom stereocenters. The number of rotatable bonds is 1. The van der Waals surface area contributed by atoms with Gasteiger partial charge in [-0.1, -0.05) is 98.8 Å². The topological polar surface area (TPSA) is 36.9 Å². The molecule has 0 amide bonds. The van der Waals surface area contributed by atoms with E-state index >= 15 is 0 Å². The van der Waals surface area contributed by atoms with Crippen molar-refractivity contribution in [1.29, 1.82) is 0 Å². The van der Waals surface area contributed by atoms with Crippen LogP contribution in [0.4, 0.5) is 0 Å². The normalized spacial score (nSPS) is 17.8. The van der Waals surface area contributed by atoms with E-state index < -0.39 is 5.79 Å². The predicted octanol–water partition coefficient (Wildman–Crippen LogP) is 10.1. The van der Waals surface area contributed by atoms with Crippen LogP contribution < -0.4 is 9.47 Å². The van der Waals surface area contributed by atoms with Crippen molar-refractivity contribution in [1.82, 2.24) is 0 Å². The lowest BCUT2D eigenvalue weighted by Crippen LogP contribution is -2.47. The highest BCUT2D eigenvalue weighted by atomic mass is 16.7. The molecule has 1 spiro atoms. The summed E-state index contributed by atoms with van der Waals surface area (Å²) in [5.41, 5.74) is 8.86. The highest BCUT2D eigenvalue weighted by Gasteiger charge is 2.48. The molecule has 6 aromatic carbocycles. The zero-order chi connectivity index (χ0) is 30.9. The van der Waals surface area contributed by atoms with Gasteiger partial charge in [0.05, 0.1) is 26.4 Å². The number of benzene rings is 6. The molecule has 2 aliphatic heterocycles. The van der Waals surface area contributed by atoms with E-state index in [9.17, 15) is 0 Å². The number of hydrogen-bond donors (Lipinski definition) is 0. The molecule has 1 saturated heterocycles. The molecule has 4 heteroatoms. The molecule has 0 bridgehead atoms. The summed E-state index contributed by atoms with van der Waals surface area (Å²) < 4.78 is 26.6. The van der Waals surface area contributed by atoms with Gasteiger partial charge >= 0.3 is 0 Å². The van der Waals surface area contributed by atoms with E-state index in [0.717, 1.165) is 68.5 Å². The van der Waals surface area contributed by atoms with E-state index in [1.54, 1.807) is 0 Å². The van der Waals surface area contributed by atoms with Crippen LogP contribution in [0, 0.1) is 5.41 Å². The van der Waals surface area contributed by atoms with E-state index in [2.05, 4.69) is 123 Å². The van der Waals surface area contributed by atoms with E-state index in [4.69, 9.17) is 18.9 Å². The Bertz CT molecular complexity index is 2140. The largest absolute Gasteiger partial charge is 0.493 e. The summed E-state index contributed by atoms with van der Waals surface area (Å²) in [4.78, 5) is 0. The van der Waals surface area contributed by atoms with Gasteiger partial charge < -0.3 is 18.9 Å². The maximum absolute atomic E-state index is 6.85. The minimum absolute atomic E-state index is 0.0655. The quantitative estimate of drug-likeness (QED) is 0.187. The van der Waals surface area contributed by atoms with Crippen molar-refractivity contribution in [3.05, 3.63) is 120 Å². The van der Waals surface area contributed by atoms with Gasteiger partial charge in [0.1, 0.15) is 11.5 Å². The summed E-state index contributed by atoms with van der Waals surface area (Å²) in [5.74, 6) is 0.842. The van der Waals surface area contributed by atoms with Crippen molar-refractivity contribution >= 4 is 21.5 Å². The Morgan fingerprint density at radius 3 is 1.98 bits per heavy atom. The second kappa shape index (κ2) is 10.4. The third-order valence-corrected chi connectivity index (χ3v) is 9.76. The molecule has 1 aliphatic carbocycles. The molecule has 4 nitrogen and oxygen atoms in total. The summed E-state index contributed by atoms with van der Waals surface area (Å²) >= 11 is 0. The van der Waals surface area contributed by atoms with Crippen LogP contribution in [0.15, 0.2) is 109 Å². The summed E-state index contributed by atoms with van der Waals surface area (Å²) in [7, 11) is 0. The zero-order valence-corrected chi connectivity index (χ0v) is 26.3. The van der Waals surface area contributed by atoms with Gasteiger partial charge in [-0.05, 0) is 81.1 Å². The summed E-state index contributed by atoms with van der Waals surface area (Å²) in [6, 6.07) is 39.1. The zero-order valence-electron chi connectivity index (χ0n) is 26.3. The van der Waals surface area contributed by atoms with Gasteiger partial charge in [0.25, 0.3) is 0 Å². The van der Waals surface area contributed by atoms with Gasteiger partial charge in [0, 0.05) is 27.5 Å². The Balaban J connectivity index is 1.25. The van der Waals surface area contributed by atoms with Crippen LogP contribution in [0.3, 0.4) is 0 Å². The molecule has 6 aromatic rings. The fourth-order valence-corrected chi connectivity index (χ4v) is 7.48. The third kappa shape index (κ3) is 4.28. The molecule has 46 heavy (non-hydrogen) atoms. The standard InChI is InChI=1S/C42H36O4/c1-41(2)25-45-42(46-26-41)35-16-4-3-13-31(35)33-14-8-12-29-22-30(23-36(42)39(29)33)28-18-19-32-34-15-7-10-27-11-9-17-37(40(27)34)43-20-5-6-21-44-38(32)24-28/h3-4,7-19,22-24H,5-6,20-21,25-26H2,1-2H3. The van der Waals surface area contributed by atoms with Crippen molar-refractivity contribution < 1.29 is 18.9 Å². The van der Waals surface area contributed by atoms with Crippen LogP contribution in [0.25, 0.3) is 54.9 Å². The first kappa shape index (κ1) is 27.7. The molecule has 0 radical (unpaired) electrons. The van der Waals surface area contributed by atoms with Crippen LogP contribution in [0.5, 0.6) is 11.5 Å². The van der Waals surface area contributed by atoms with Gasteiger partial charge in [-0.3, -0.25) is 0 Å². The maximum Gasteiger partial charge on any atom is 0.223 e. The number of fused-ring (bicyclic) bond motifs is 6. The lowest BCUT2D eigenvalue weighted by atomic mass is 9.77. The molecule has 228 valence electrons. The molecular weight excluding hydrogens is 568 g/mol. The van der Waals surface area contributed by atoms with E-state index in [1.165, 1.54) is 21.9 Å². The fraction of sp³-hybridized carbons (Fsp3) is 0.238. The van der Waals surface area contributed by atoms with E-state index in [-0.39, 0.29) is 5.41 Å². The first-order chi connectivity index (χ1) is 22.5. The molecular formula is C42H36O4. The Labute approximate surface area is 269 Å². The molecule has 0 N–H and O–H groups in total. The van der Waals surface area contributed by atoms with Crippen molar-refractivity contribution in [2.75, 3.05) is 26.4 Å². The minimum atomic E-state index is -0.970. The predicted molar refractivity (Wildman–Crippen MR) is 184 cm³/mol. The van der Waals surface area contributed by atoms with E-state index in [1.807, 2.05) is 0 Å². The van der Waals surface area contributed by atoms with Gasteiger partial charge in [-0.15, -0.1) is 0 Å². The van der Waals surface area contributed by atoms with Crippen molar-refractivity contribution in [2.24, 2.45) is 5.41 Å². The Morgan fingerprint density at radius 1 is 0.500 bits per heavy atom. The first-order valence-electron chi connectivity index (χ1n) is 16.4. The maximum atomic E-state index is 6.85. The monoisotopic (exact) mass is 604 g/mol. The van der Waals surface area contributed by atoms with Gasteiger partial charge in [-0.25, -0.2) is 0 Å². The van der Waals surface area contributed by atoms with Crippen molar-refractivity contribution in [3.63, 3.8) is 0 Å². The van der Waals surface area contributed by atoms with Gasteiger partial charge in [0.2, 0.25) is 5.79 Å². The van der Waals surface area contributed by atoms with Gasteiger partial charge in [0.15, 0.2) is 0 Å². The lowest BCUT2D eigenvalue weighted by Gasteiger charge is -2.47. The van der Waals surface area contributed by atoms with Crippen LogP contribution >= 0.6 is 0 Å². The van der Waals surface area contributed by atoms with Crippen LogP contribution in [0.1, 0.15) is 37.8 Å². The highest BCUT2D eigenvalue weighted by molar-refractivity contribution is 6.05. The number of ether oxygens (including phenoxy) is 4. The van der Waals surface area contributed by atoms with Crippen LogP contribution in [-0.2, 0) is 15.3 Å². The molecule has 1 fully saturated rings. The number of hydrogen-bond acceptors (Lipinski definition) is 4. The summed E-state index contributed by atoms with van der Waals surface area (Å²) in [6.07, 6.45) is 1.86. The fourth-order valence-electron chi connectivity index (χ4n) is 7.48. The molecule has 0 aromatic heterocycles. The SMILES string of the molecule is CC1(C)COC2(OC1)c1ccccc1-c1cccc3cc(-c4ccc5c(c4)OCCCCOc4cccc6cccc-5c46)cc2c13. The Morgan fingerprint density at radius 2 is 1.17 bits per heavy atom. The molecule has 0 unspecified atom stereocenters. The smallest absolute Gasteiger partial charge is 0.223 e. The first-order valence-corrected chi connectivity index (χ1v) is 16.4. The summed E-state index contributed by atoms with van der Waals surface area (Å²) in [6.45, 7) is 6.92. The molecule has 9 rings (SSSR count). The second-order valence-electron chi connectivity index (χ2n) is 13.6.